The fourth-order valence-electron chi connectivity index (χ4n) is 1.37. The van der Waals surface area contributed by atoms with Gasteiger partial charge in [-0.1, -0.05) is 34.1 Å². The van der Waals surface area contributed by atoms with E-state index in [1.165, 1.54) is 24.4 Å². The van der Waals surface area contributed by atoms with Crippen molar-refractivity contribution in [3.8, 4) is 0 Å². The molecule has 2 aromatic rings. The fraction of sp³-hybridized carbons (Fsp3) is 0. The van der Waals surface area contributed by atoms with E-state index in [-0.39, 0.29) is 4.90 Å². The van der Waals surface area contributed by atoms with Crippen LogP contribution in [0.2, 0.25) is 0 Å². The lowest BCUT2D eigenvalue weighted by Gasteiger charge is -1.98. The first kappa shape index (κ1) is 13.9. The number of nitrogens with zero attached hydrogens (tertiary/aromatic N) is 1. The van der Waals surface area contributed by atoms with Crippen molar-refractivity contribution in [3.05, 3.63) is 64.4 Å². The van der Waals surface area contributed by atoms with Gasteiger partial charge in [0.05, 0.1) is 4.90 Å². The second-order valence-electron chi connectivity index (χ2n) is 3.72. The Hall–Kier alpha value is -1.53. The third-order valence-corrected chi connectivity index (χ3v) is 4.07. The van der Waals surface area contributed by atoms with Gasteiger partial charge in [-0.15, -0.1) is 0 Å². The molecule has 0 N–H and O–H groups in total. The highest BCUT2D eigenvalue weighted by molar-refractivity contribution is 9.10. The maximum atomic E-state index is 13.0. The molecule has 0 aliphatic rings. The molecule has 0 unspecified atom stereocenters. The molecule has 0 atom stereocenters. The van der Waals surface area contributed by atoms with E-state index in [1.807, 2.05) is 0 Å². The second kappa shape index (κ2) is 5.63. The summed E-state index contributed by atoms with van der Waals surface area (Å²) in [6.07, 6.45) is 1.23. The molecule has 2 aromatic carbocycles. The van der Waals surface area contributed by atoms with Gasteiger partial charge in [-0.25, -0.2) is 4.39 Å². The number of benzene rings is 2. The third-order valence-electron chi connectivity index (χ3n) is 2.30. The van der Waals surface area contributed by atoms with E-state index in [4.69, 9.17) is 0 Å². The average Bonchev–Trinajstić information content (AvgIpc) is 2.38. The van der Waals surface area contributed by atoms with Gasteiger partial charge in [0.1, 0.15) is 5.82 Å². The van der Waals surface area contributed by atoms with Gasteiger partial charge < -0.3 is 0 Å². The van der Waals surface area contributed by atoms with Crippen molar-refractivity contribution in [2.24, 2.45) is 4.40 Å². The predicted molar refractivity (Wildman–Crippen MR) is 75.3 cm³/mol. The SMILES string of the molecule is O=S(=O)(/N=C/c1ccc(Br)cc1)c1cccc(F)c1. The second-order valence-corrected chi connectivity index (χ2v) is 6.27. The Morgan fingerprint density at radius 1 is 1.11 bits per heavy atom. The van der Waals surface area contributed by atoms with Crippen LogP contribution >= 0.6 is 15.9 Å². The molecule has 2 rings (SSSR count). The Balaban J connectivity index is 2.29. The summed E-state index contributed by atoms with van der Waals surface area (Å²) in [4.78, 5) is -0.166. The highest BCUT2D eigenvalue weighted by atomic mass is 79.9. The molecule has 0 bridgehead atoms. The van der Waals surface area contributed by atoms with Crippen LogP contribution in [0.4, 0.5) is 4.39 Å². The highest BCUT2D eigenvalue weighted by Crippen LogP contribution is 2.14. The molecule has 0 amide bonds. The molecule has 0 fully saturated rings. The van der Waals surface area contributed by atoms with Crippen molar-refractivity contribution >= 4 is 32.2 Å². The van der Waals surface area contributed by atoms with Crippen molar-refractivity contribution in [2.45, 2.75) is 4.90 Å². The Bertz CT molecular complexity index is 712. The number of hydrogen-bond donors (Lipinski definition) is 0. The van der Waals surface area contributed by atoms with Gasteiger partial charge in [-0.05, 0) is 35.9 Å². The van der Waals surface area contributed by atoms with E-state index in [9.17, 15) is 12.8 Å². The lowest BCUT2D eigenvalue weighted by molar-refractivity contribution is 0.592. The van der Waals surface area contributed by atoms with E-state index in [2.05, 4.69) is 20.3 Å². The zero-order valence-electron chi connectivity index (χ0n) is 9.62. The first-order valence-electron chi connectivity index (χ1n) is 5.29. The maximum Gasteiger partial charge on any atom is 0.282 e. The number of halogens is 2. The minimum Gasteiger partial charge on any atom is -0.207 e. The first-order valence-corrected chi connectivity index (χ1v) is 7.52. The van der Waals surface area contributed by atoms with Crippen LogP contribution in [-0.2, 0) is 10.0 Å². The Labute approximate surface area is 119 Å². The first-order chi connectivity index (χ1) is 8.97. The zero-order chi connectivity index (χ0) is 13.9. The van der Waals surface area contributed by atoms with Crippen LogP contribution in [0.25, 0.3) is 0 Å². The van der Waals surface area contributed by atoms with Gasteiger partial charge in [0, 0.05) is 10.7 Å². The van der Waals surface area contributed by atoms with Gasteiger partial charge in [0.2, 0.25) is 0 Å². The van der Waals surface area contributed by atoms with Gasteiger partial charge in [0.25, 0.3) is 10.0 Å². The van der Waals surface area contributed by atoms with Crippen LogP contribution in [0.15, 0.2) is 62.3 Å². The van der Waals surface area contributed by atoms with Gasteiger partial charge in [-0.2, -0.15) is 12.8 Å². The summed E-state index contributed by atoms with van der Waals surface area (Å²) >= 11 is 3.28. The summed E-state index contributed by atoms with van der Waals surface area (Å²) < 4.78 is 41.1. The van der Waals surface area contributed by atoms with Crippen LogP contribution in [0, 0.1) is 5.82 Å². The monoisotopic (exact) mass is 341 g/mol. The van der Waals surface area contributed by atoms with Crippen LogP contribution in [0.5, 0.6) is 0 Å². The van der Waals surface area contributed by atoms with E-state index in [0.717, 1.165) is 10.5 Å². The largest absolute Gasteiger partial charge is 0.282 e. The van der Waals surface area contributed by atoms with E-state index in [0.29, 0.717) is 5.56 Å². The standard InChI is InChI=1S/C13H9BrFNO2S/c14-11-6-4-10(5-7-11)9-16-19(17,18)13-3-1-2-12(15)8-13/h1-9H/b16-9+. The van der Waals surface area contributed by atoms with Crippen LogP contribution in [-0.4, -0.2) is 14.6 Å². The molecular weight excluding hydrogens is 333 g/mol. The van der Waals surface area contributed by atoms with Crippen LogP contribution < -0.4 is 0 Å². The predicted octanol–water partition coefficient (Wildman–Crippen LogP) is 3.40. The van der Waals surface area contributed by atoms with E-state index < -0.39 is 15.8 Å². The van der Waals surface area contributed by atoms with Gasteiger partial charge in [-0.3, -0.25) is 0 Å². The molecule has 19 heavy (non-hydrogen) atoms. The third kappa shape index (κ3) is 3.71. The molecule has 0 spiro atoms. The van der Waals surface area contributed by atoms with Crippen LogP contribution in [0.3, 0.4) is 0 Å². The number of rotatable bonds is 3. The van der Waals surface area contributed by atoms with Gasteiger partial charge in [0.15, 0.2) is 0 Å². The molecule has 0 aliphatic carbocycles. The minimum absolute atomic E-state index is 0.166. The van der Waals surface area contributed by atoms with E-state index in [1.54, 1.807) is 24.3 Å². The van der Waals surface area contributed by atoms with Crippen molar-refractivity contribution in [1.29, 1.82) is 0 Å². The summed E-state index contributed by atoms with van der Waals surface area (Å²) in [7, 11) is -3.87. The highest BCUT2D eigenvalue weighted by Gasteiger charge is 2.12. The Morgan fingerprint density at radius 3 is 2.42 bits per heavy atom. The van der Waals surface area contributed by atoms with Crippen molar-refractivity contribution in [1.82, 2.24) is 0 Å². The molecule has 0 aromatic heterocycles. The molecule has 0 aliphatic heterocycles. The summed E-state index contributed by atoms with van der Waals surface area (Å²) in [5.41, 5.74) is 0.642. The zero-order valence-corrected chi connectivity index (χ0v) is 12.0. The van der Waals surface area contributed by atoms with E-state index >= 15 is 0 Å². The van der Waals surface area contributed by atoms with Crippen LogP contribution in [0.1, 0.15) is 5.56 Å². The molecule has 0 heterocycles. The summed E-state index contributed by atoms with van der Waals surface area (Å²) in [6.45, 7) is 0. The molecule has 3 nitrogen and oxygen atoms in total. The summed E-state index contributed by atoms with van der Waals surface area (Å²) in [5, 5.41) is 0. The molecular formula is C13H9BrFNO2S. The molecule has 0 radical (unpaired) electrons. The Morgan fingerprint density at radius 2 is 1.79 bits per heavy atom. The minimum atomic E-state index is -3.87. The lowest BCUT2D eigenvalue weighted by atomic mass is 10.2. The molecule has 0 saturated heterocycles. The quantitative estimate of drug-likeness (QED) is 0.803. The number of hydrogen-bond acceptors (Lipinski definition) is 2. The van der Waals surface area contributed by atoms with Gasteiger partial charge >= 0.3 is 0 Å². The molecule has 6 heteroatoms. The molecule has 98 valence electrons. The van der Waals surface area contributed by atoms with Crippen molar-refractivity contribution in [2.75, 3.05) is 0 Å². The van der Waals surface area contributed by atoms with Crippen molar-refractivity contribution < 1.29 is 12.8 Å². The Kier molecular flexibility index (Phi) is 4.11. The lowest BCUT2D eigenvalue weighted by Crippen LogP contribution is -1.98. The fourth-order valence-corrected chi connectivity index (χ4v) is 2.53. The average molecular weight is 342 g/mol. The normalized spacial score (nSPS) is 11.9. The topological polar surface area (TPSA) is 46.5 Å². The smallest absolute Gasteiger partial charge is 0.207 e. The number of sulfonamides is 1. The maximum absolute atomic E-state index is 13.0. The van der Waals surface area contributed by atoms with Crippen molar-refractivity contribution in [3.63, 3.8) is 0 Å². The summed E-state index contributed by atoms with van der Waals surface area (Å²) in [6, 6.07) is 11.7. The summed E-state index contributed by atoms with van der Waals surface area (Å²) in [5.74, 6) is -0.611. The molecule has 0 saturated carbocycles.